The fourth-order valence-corrected chi connectivity index (χ4v) is 9.32. The van der Waals surface area contributed by atoms with Crippen molar-refractivity contribution in [1.82, 2.24) is 63.8 Å². The lowest BCUT2D eigenvalue weighted by molar-refractivity contribution is -0.131. The Bertz CT molecular complexity index is 2740. The average molecular weight is 1690 g/mol. The summed E-state index contributed by atoms with van der Waals surface area (Å²) in [6.45, 7) is -0.115. The SMILES string of the molecule is CCOCCC(=O)NCCC(=O)NC(COCCC(=O)NCCC(=O)NC(COCCC(=O)NCCN=C(N)N)(COCCC(=O)NCCN=C(N)N)COCCC(=O)NCCN=C(N)N)COCCC(=O)NCCC(=O)NC(COCCC(=O)NCCN=C(N)N)(COCCC(=O)NCCN=C(N)N)COCCC(=O)NCCN=C(N)N. The number of carbonyl (C=O) groups is 12. The Morgan fingerprint density at radius 1 is 0.246 bits per heavy atom. The molecule has 0 aliphatic carbocycles. The summed E-state index contributed by atoms with van der Waals surface area (Å²) in [4.78, 5) is 178. The van der Waals surface area contributed by atoms with Crippen LogP contribution in [0.5, 0.6) is 0 Å². The van der Waals surface area contributed by atoms with E-state index in [9.17, 15) is 57.5 Å². The summed E-state index contributed by atoms with van der Waals surface area (Å²) in [5.41, 5.74) is 61.3. The van der Waals surface area contributed by atoms with Gasteiger partial charge in [0.15, 0.2) is 35.8 Å². The molecule has 0 atom stereocenters. The van der Waals surface area contributed by atoms with Crippen LogP contribution in [0.4, 0.5) is 0 Å². The molecule has 0 aliphatic rings. The second-order valence-corrected chi connectivity index (χ2v) is 25.6. The molecule has 0 rings (SSSR count). The summed E-state index contributed by atoms with van der Waals surface area (Å²) < 4.78 is 52.4. The molecule has 51 nitrogen and oxygen atoms in total. The van der Waals surface area contributed by atoms with Crippen molar-refractivity contribution in [3.05, 3.63) is 0 Å². The Hall–Kier alpha value is -11.1. The molecule has 674 valence electrons. The van der Waals surface area contributed by atoms with Gasteiger partial charge in [0.2, 0.25) is 70.9 Å². The Morgan fingerprint density at radius 3 is 0.636 bits per heavy atom. The third kappa shape index (κ3) is 67.1. The molecule has 0 bridgehead atoms. The van der Waals surface area contributed by atoms with E-state index in [1.165, 1.54) is 0 Å². The zero-order valence-corrected chi connectivity index (χ0v) is 67.6. The van der Waals surface area contributed by atoms with E-state index in [4.69, 9.17) is 111 Å². The molecule has 0 radical (unpaired) electrons. The second-order valence-electron chi connectivity index (χ2n) is 25.6. The number of amides is 12. The maximum atomic E-state index is 13.8. The number of hydrogen-bond donors (Lipinski definition) is 24. The molecule has 0 spiro atoms. The van der Waals surface area contributed by atoms with E-state index < -0.39 is 82.1 Å². The molecule has 0 saturated heterocycles. The van der Waals surface area contributed by atoms with Gasteiger partial charge in [-0.3, -0.25) is 87.5 Å². The van der Waals surface area contributed by atoms with E-state index in [1.54, 1.807) is 6.92 Å². The lowest BCUT2D eigenvalue weighted by Crippen LogP contribution is -2.59. The first-order valence-electron chi connectivity index (χ1n) is 38.2. The molecule has 0 heterocycles. The molecular formula is C67H130N30O21. The van der Waals surface area contributed by atoms with Crippen LogP contribution in [0.3, 0.4) is 0 Å². The fraction of sp³-hybridized carbons (Fsp3) is 0.731. The Balaban J connectivity index is 6.34. The third-order valence-corrected chi connectivity index (χ3v) is 14.9. The number of hydrogen-bond acceptors (Lipinski definition) is 27. The molecular weight excluding hydrogens is 1560 g/mol. The maximum Gasteiger partial charge on any atom is 0.222 e. The first-order valence-corrected chi connectivity index (χ1v) is 38.2. The molecule has 0 fully saturated rings. The van der Waals surface area contributed by atoms with Gasteiger partial charge in [0.05, 0.1) is 158 Å². The molecule has 51 heteroatoms. The van der Waals surface area contributed by atoms with Gasteiger partial charge in [0.1, 0.15) is 11.1 Å². The summed E-state index contributed by atoms with van der Waals surface area (Å²) in [5.74, 6) is -6.53. The van der Waals surface area contributed by atoms with Gasteiger partial charge in [-0.2, -0.15) is 0 Å². The number of ether oxygens (including phenoxy) is 9. The molecule has 0 aromatic carbocycles. The number of guanidine groups is 6. The number of rotatable bonds is 74. The fourth-order valence-electron chi connectivity index (χ4n) is 9.32. The smallest absolute Gasteiger partial charge is 0.222 e. The highest BCUT2D eigenvalue weighted by Gasteiger charge is 2.36. The van der Waals surface area contributed by atoms with Crippen molar-refractivity contribution in [3.63, 3.8) is 0 Å². The van der Waals surface area contributed by atoms with Crippen LogP contribution >= 0.6 is 0 Å². The van der Waals surface area contributed by atoms with E-state index >= 15 is 0 Å². The molecule has 0 aromatic rings. The summed E-state index contributed by atoms with van der Waals surface area (Å²) in [6.07, 6.45) is -1.91. The normalized spacial score (nSPS) is 10.9. The van der Waals surface area contributed by atoms with Crippen molar-refractivity contribution in [2.75, 3.05) is 217 Å². The molecule has 0 aliphatic heterocycles. The Morgan fingerprint density at radius 2 is 0.432 bits per heavy atom. The van der Waals surface area contributed by atoms with Gasteiger partial charge in [-0.25, -0.2) is 0 Å². The van der Waals surface area contributed by atoms with Gasteiger partial charge in [0.25, 0.3) is 0 Å². The first kappa shape index (κ1) is 107. The topological polar surface area (TPSA) is 819 Å². The van der Waals surface area contributed by atoms with Crippen molar-refractivity contribution >= 4 is 107 Å². The van der Waals surface area contributed by atoms with Crippen molar-refractivity contribution in [1.29, 1.82) is 0 Å². The number of carbonyl (C=O) groups excluding carboxylic acids is 12. The van der Waals surface area contributed by atoms with Crippen LogP contribution in [0.25, 0.3) is 0 Å². The van der Waals surface area contributed by atoms with Gasteiger partial charge >= 0.3 is 0 Å². The minimum Gasteiger partial charge on any atom is -0.381 e. The number of aliphatic imine (C=N–C) groups is 6. The Labute approximate surface area is 685 Å². The second kappa shape index (κ2) is 69.1. The van der Waals surface area contributed by atoms with Crippen molar-refractivity contribution in [3.8, 4) is 0 Å². The van der Waals surface area contributed by atoms with Gasteiger partial charge < -0.3 is 175 Å². The van der Waals surface area contributed by atoms with Crippen LogP contribution < -0.4 is 133 Å². The van der Waals surface area contributed by atoms with Crippen molar-refractivity contribution < 1.29 is 100 Å². The van der Waals surface area contributed by atoms with Crippen molar-refractivity contribution in [2.45, 2.75) is 101 Å². The average Bonchev–Trinajstić information content (AvgIpc) is 0.859. The van der Waals surface area contributed by atoms with Crippen LogP contribution in [0.15, 0.2) is 30.0 Å². The molecule has 0 unspecified atom stereocenters. The van der Waals surface area contributed by atoms with E-state index in [-0.39, 0.29) is 329 Å². The predicted molar refractivity (Wildman–Crippen MR) is 433 cm³/mol. The highest BCUT2D eigenvalue weighted by molar-refractivity contribution is 5.83. The lowest BCUT2D eigenvalue weighted by atomic mass is 10.0. The highest BCUT2D eigenvalue weighted by atomic mass is 16.5. The number of nitrogens with two attached hydrogens (primary N) is 12. The summed E-state index contributed by atoms with van der Waals surface area (Å²) >= 11 is 0. The predicted octanol–water partition coefficient (Wildman–Crippen LogP) is -13.3. The largest absolute Gasteiger partial charge is 0.381 e. The molecule has 0 saturated carbocycles. The van der Waals surface area contributed by atoms with Crippen LogP contribution in [0.2, 0.25) is 0 Å². The van der Waals surface area contributed by atoms with E-state index in [1.807, 2.05) is 0 Å². The molecule has 12 amide bonds. The Kier molecular flexibility index (Phi) is 62.6. The van der Waals surface area contributed by atoms with Gasteiger partial charge in [-0.15, -0.1) is 0 Å². The quantitative estimate of drug-likeness (QED) is 0.0153. The van der Waals surface area contributed by atoms with Crippen LogP contribution in [-0.4, -0.2) is 341 Å². The van der Waals surface area contributed by atoms with Crippen LogP contribution in [0, 0.1) is 0 Å². The summed E-state index contributed by atoms with van der Waals surface area (Å²) in [7, 11) is 0. The minimum absolute atomic E-state index is 0.0206. The standard InChI is InChI=1S/C67H130N30O21/c1-2-110-30-6-48(98)80-15-3-57(107)95-47(39-111-31-7-49(99)81-16-4-58(108)96-66(41-113-33-9-51(101)83-18-24-89-60(68)69,42-114-34-10-52(102)84-19-25-90-61(70)71)43-115-35-11-53(103)85-20-26-91-62(72)73)40-112-32-8-50(100)82-17-5-59(109)97-67(44-116-36-12-54(104)86-21-27-92-63(74)75,45-117-37-13-55(105)87-22-28-93-64(76)77)46-118-38-14-56(106)88-23-29-94-65(78)79/h47H,2-46H2,1H3,(H,80,98)(H,81,99)(H,82,100)(H,83,101)(H,84,102)(H,85,103)(H,86,104)(H,87,105)(H,88,106)(H,95,107)(H,96,108)(H,97,109)(H4,68,69,89)(H4,70,71,90)(H4,72,73,91)(H4,74,75,92)(H4,76,77,93)(H4,78,79,94). The van der Waals surface area contributed by atoms with E-state index in [2.05, 4.69) is 93.8 Å². The van der Waals surface area contributed by atoms with E-state index in [0.717, 1.165) is 0 Å². The van der Waals surface area contributed by atoms with Crippen LogP contribution in [0.1, 0.15) is 84.0 Å². The van der Waals surface area contributed by atoms with Gasteiger partial charge in [-0.1, -0.05) is 0 Å². The lowest BCUT2D eigenvalue weighted by Gasteiger charge is -2.34. The monoisotopic (exact) mass is 1690 g/mol. The van der Waals surface area contributed by atoms with Gasteiger partial charge in [0, 0.05) is 143 Å². The first-order chi connectivity index (χ1) is 56.4. The van der Waals surface area contributed by atoms with E-state index in [0.29, 0.717) is 6.61 Å². The van der Waals surface area contributed by atoms with Crippen LogP contribution in [-0.2, 0) is 100 Å². The zero-order chi connectivity index (χ0) is 87.9. The minimum atomic E-state index is -1.52. The number of nitrogens with one attached hydrogen (secondary N) is 12. The molecule has 0 aromatic heterocycles. The zero-order valence-electron chi connectivity index (χ0n) is 67.6. The molecule has 118 heavy (non-hydrogen) atoms. The summed E-state index contributed by atoms with van der Waals surface area (Å²) in [6, 6.07) is -0.858. The van der Waals surface area contributed by atoms with Gasteiger partial charge in [-0.05, 0) is 6.92 Å². The van der Waals surface area contributed by atoms with Crippen molar-refractivity contribution in [2.24, 2.45) is 98.8 Å². The third-order valence-electron chi connectivity index (χ3n) is 14.9. The molecule has 36 N–H and O–H groups in total. The highest BCUT2D eigenvalue weighted by Crippen LogP contribution is 2.14. The maximum absolute atomic E-state index is 13.8. The summed E-state index contributed by atoms with van der Waals surface area (Å²) in [5, 5.41) is 32.3. The number of nitrogens with zero attached hydrogens (tertiary/aromatic N) is 6.